The molecule has 2 rings (SSSR count). The molecule has 0 bridgehead atoms. The fourth-order valence-corrected chi connectivity index (χ4v) is 2.35. The van der Waals surface area contributed by atoms with Crippen LogP contribution in [0.3, 0.4) is 0 Å². The molecule has 0 aliphatic heterocycles. The highest BCUT2D eigenvalue weighted by molar-refractivity contribution is 5.83. The van der Waals surface area contributed by atoms with E-state index < -0.39 is 0 Å². The average molecular weight is 263 g/mol. The molecule has 1 atom stereocenters. The third kappa shape index (κ3) is 3.76. The smallest absolute Gasteiger partial charge is 0.242 e. The van der Waals surface area contributed by atoms with E-state index in [0.717, 1.165) is 18.4 Å². The molecule has 1 fully saturated rings. The lowest BCUT2D eigenvalue weighted by molar-refractivity contribution is -0.123. The van der Waals surface area contributed by atoms with Crippen molar-refractivity contribution in [2.24, 2.45) is 5.84 Å². The molecule has 104 valence electrons. The molecule has 1 aliphatic rings. The van der Waals surface area contributed by atoms with Crippen LogP contribution in [-0.4, -0.2) is 41.7 Å². The van der Waals surface area contributed by atoms with Gasteiger partial charge in [-0.05, 0) is 18.4 Å². The van der Waals surface area contributed by atoms with E-state index in [0.29, 0.717) is 19.1 Å². The second kappa shape index (κ2) is 6.65. The first-order chi connectivity index (χ1) is 9.26. The Morgan fingerprint density at radius 3 is 2.63 bits per heavy atom. The molecule has 0 aromatic heterocycles. The van der Waals surface area contributed by atoms with Crippen molar-refractivity contribution < 1.29 is 9.90 Å². The lowest BCUT2D eigenvalue weighted by atomic mass is 9.97. The van der Waals surface area contributed by atoms with Crippen LogP contribution in [0.25, 0.3) is 0 Å². The number of aliphatic hydroxyl groups is 1. The highest BCUT2D eigenvalue weighted by atomic mass is 16.3. The lowest BCUT2D eigenvalue weighted by Crippen LogP contribution is -2.42. The Balaban J connectivity index is 2.11. The summed E-state index contributed by atoms with van der Waals surface area (Å²) >= 11 is 0. The lowest BCUT2D eigenvalue weighted by Gasteiger charge is -2.26. The predicted octanol–water partition coefficient (Wildman–Crippen LogP) is 0.217. The number of nitrogens with two attached hydrogens (primary N) is 1. The molecular formula is C14H21N3O2. The largest absolute Gasteiger partial charge is 0.395 e. The summed E-state index contributed by atoms with van der Waals surface area (Å²) in [6.07, 6.45) is 2.29. The van der Waals surface area contributed by atoms with Gasteiger partial charge in [0.15, 0.2) is 0 Å². The third-order valence-corrected chi connectivity index (χ3v) is 3.53. The van der Waals surface area contributed by atoms with Crippen molar-refractivity contribution in [2.75, 3.05) is 19.7 Å². The third-order valence-electron chi connectivity index (χ3n) is 3.53. The van der Waals surface area contributed by atoms with Gasteiger partial charge >= 0.3 is 0 Å². The molecule has 1 aliphatic carbocycles. The molecule has 1 saturated carbocycles. The zero-order valence-corrected chi connectivity index (χ0v) is 11.0. The van der Waals surface area contributed by atoms with Crippen LogP contribution in [0.15, 0.2) is 30.3 Å². The molecule has 0 spiro atoms. The molecule has 0 heterocycles. The Hall–Kier alpha value is -1.43. The van der Waals surface area contributed by atoms with Crippen LogP contribution < -0.4 is 11.3 Å². The number of carbonyl (C=O) groups is 1. The van der Waals surface area contributed by atoms with E-state index in [1.807, 2.05) is 30.3 Å². The molecule has 0 radical (unpaired) electrons. The van der Waals surface area contributed by atoms with Gasteiger partial charge in [-0.15, -0.1) is 0 Å². The van der Waals surface area contributed by atoms with Crippen LogP contribution in [0.5, 0.6) is 0 Å². The number of hydrogen-bond donors (Lipinski definition) is 3. The van der Waals surface area contributed by atoms with E-state index in [4.69, 9.17) is 10.9 Å². The quantitative estimate of drug-likeness (QED) is 0.373. The van der Waals surface area contributed by atoms with Gasteiger partial charge in [-0.2, -0.15) is 0 Å². The molecule has 1 amide bonds. The number of hydrogen-bond acceptors (Lipinski definition) is 4. The Kier molecular flexibility index (Phi) is 4.90. The zero-order chi connectivity index (χ0) is 13.7. The first kappa shape index (κ1) is 14.0. The number of hydrazine groups is 1. The second-order valence-electron chi connectivity index (χ2n) is 4.92. The summed E-state index contributed by atoms with van der Waals surface area (Å²) in [4.78, 5) is 14.1. The summed E-state index contributed by atoms with van der Waals surface area (Å²) in [6.45, 7) is 1.31. The monoisotopic (exact) mass is 263 g/mol. The minimum absolute atomic E-state index is 0.113. The number of aliphatic hydroxyl groups excluding tert-OH is 1. The minimum atomic E-state index is -0.293. The van der Waals surface area contributed by atoms with Crippen LogP contribution in [0.1, 0.15) is 24.3 Å². The van der Waals surface area contributed by atoms with Crippen LogP contribution >= 0.6 is 0 Å². The minimum Gasteiger partial charge on any atom is -0.395 e. The van der Waals surface area contributed by atoms with Gasteiger partial charge in [0, 0.05) is 19.1 Å². The van der Waals surface area contributed by atoms with Crippen molar-refractivity contribution in [3.05, 3.63) is 35.9 Å². The summed E-state index contributed by atoms with van der Waals surface area (Å²) in [5, 5.41) is 9.13. The maximum Gasteiger partial charge on any atom is 0.242 e. The summed E-state index contributed by atoms with van der Waals surface area (Å²) in [5.74, 6) is 4.81. The van der Waals surface area contributed by atoms with Crippen molar-refractivity contribution in [1.82, 2.24) is 10.3 Å². The Labute approximate surface area is 113 Å². The fourth-order valence-electron chi connectivity index (χ4n) is 2.35. The number of nitrogens with zero attached hydrogens (tertiary/aromatic N) is 1. The average Bonchev–Trinajstić information content (AvgIpc) is 3.28. The Morgan fingerprint density at radius 1 is 1.42 bits per heavy atom. The van der Waals surface area contributed by atoms with Gasteiger partial charge in [-0.3, -0.25) is 15.1 Å². The molecule has 1 aromatic rings. The van der Waals surface area contributed by atoms with Crippen LogP contribution in [0.2, 0.25) is 0 Å². The van der Waals surface area contributed by atoms with E-state index in [1.54, 1.807) is 0 Å². The van der Waals surface area contributed by atoms with Crippen molar-refractivity contribution in [2.45, 2.75) is 24.8 Å². The summed E-state index contributed by atoms with van der Waals surface area (Å²) in [6, 6.07) is 10.1. The summed E-state index contributed by atoms with van der Waals surface area (Å²) < 4.78 is 0. The number of benzene rings is 1. The van der Waals surface area contributed by atoms with Crippen molar-refractivity contribution in [3.63, 3.8) is 0 Å². The molecule has 19 heavy (non-hydrogen) atoms. The maximum absolute atomic E-state index is 12.0. The normalized spacial score (nSPS) is 16.4. The van der Waals surface area contributed by atoms with Crippen LogP contribution in [0, 0.1) is 0 Å². The number of rotatable bonds is 7. The fraction of sp³-hybridized carbons (Fsp3) is 0.500. The predicted molar refractivity (Wildman–Crippen MR) is 73.2 cm³/mol. The topological polar surface area (TPSA) is 78.6 Å². The number of carbonyl (C=O) groups excluding carboxylic acids is 1. The molecule has 1 aromatic carbocycles. The van der Waals surface area contributed by atoms with Gasteiger partial charge in [-0.1, -0.05) is 30.3 Å². The van der Waals surface area contributed by atoms with Gasteiger partial charge < -0.3 is 5.11 Å². The first-order valence-corrected chi connectivity index (χ1v) is 6.66. The van der Waals surface area contributed by atoms with Crippen molar-refractivity contribution in [1.29, 1.82) is 0 Å². The second-order valence-corrected chi connectivity index (χ2v) is 4.92. The SMILES string of the molecule is NNC(=O)C(CN(CCO)C1CC1)c1ccccc1. The van der Waals surface area contributed by atoms with E-state index in [1.165, 1.54) is 0 Å². The van der Waals surface area contributed by atoms with E-state index in [-0.39, 0.29) is 18.4 Å². The van der Waals surface area contributed by atoms with Gasteiger partial charge in [0.2, 0.25) is 5.91 Å². The van der Waals surface area contributed by atoms with Crippen LogP contribution in [-0.2, 0) is 4.79 Å². The van der Waals surface area contributed by atoms with Crippen LogP contribution in [0.4, 0.5) is 0 Å². The van der Waals surface area contributed by atoms with Gasteiger partial charge in [-0.25, -0.2) is 5.84 Å². The first-order valence-electron chi connectivity index (χ1n) is 6.66. The van der Waals surface area contributed by atoms with Crippen molar-refractivity contribution >= 4 is 5.91 Å². The summed E-state index contributed by atoms with van der Waals surface area (Å²) in [7, 11) is 0. The highest BCUT2D eigenvalue weighted by Crippen LogP contribution is 2.29. The number of nitrogens with one attached hydrogen (secondary N) is 1. The zero-order valence-electron chi connectivity index (χ0n) is 11.0. The summed E-state index contributed by atoms with van der Waals surface area (Å²) in [5.41, 5.74) is 3.20. The molecule has 4 N–H and O–H groups in total. The Bertz CT molecular complexity index is 406. The molecule has 5 nitrogen and oxygen atoms in total. The molecule has 0 saturated heterocycles. The van der Waals surface area contributed by atoms with E-state index in [9.17, 15) is 4.79 Å². The van der Waals surface area contributed by atoms with Gasteiger partial charge in [0.05, 0.1) is 12.5 Å². The molecule has 5 heteroatoms. The standard InChI is InChI=1S/C14H21N3O2/c15-16-14(19)13(11-4-2-1-3-5-11)10-17(8-9-18)12-6-7-12/h1-5,12-13,18H,6-10,15H2,(H,16,19). The number of amides is 1. The molecule has 1 unspecified atom stereocenters. The highest BCUT2D eigenvalue weighted by Gasteiger charge is 2.32. The Morgan fingerprint density at radius 2 is 2.11 bits per heavy atom. The van der Waals surface area contributed by atoms with Gasteiger partial charge in [0.25, 0.3) is 0 Å². The molecular weight excluding hydrogens is 242 g/mol. The maximum atomic E-state index is 12.0. The van der Waals surface area contributed by atoms with Crippen molar-refractivity contribution in [3.8, 4) is 0 Å². The van der Waals surface area contributed by atoms with Gasteiger partial charge in [0.1, 0.15) is 0 Å². The van der Waals surface area contributed by atoms with E-state index in [2.05, 4.69) is 10.3 Å². The van der Waals surface area contributed by atoms with E-state index >= 15 is 0 Å².